The standard InChI is InChI=1S/C12H19NO2/c1-5-15-11-7-10(9(3)13)12(14-4)6-8(11)2/h6-7,9H,5,13H2,1-4H3. The molecular formula is C12H19NO2. The largest absolute Gasteiger partial charge is 0.496 e. The van der Waals surface area contributed by atoms with Crippen molar-refractivity contribution in [3.05, 3.63) is 23.3 Å². The van der Waals surface area contributed by atoms with Gasteiger partial charge in [-0.2, -0.15) is 0 Å². The molecule has 0 aliphatic rings. The van der Waals surface area contributed by atoms with Crippen LogP contribution in [0.3, 0.4) is 0 Å². The topological polar surface area (TPSA) is 44.5 Å². The van der Waals surface area contributed by atoms with Crippen molar-refractivity contribution in [1.29, 1.82) is 0 Å². The first-order valence-electron chi connectivity index (χ1n) is 5.17. The second-order valence-electron chi connectivity index (χ2n) is 3.58. The predicted molar refractivity (Wildman–Crippen MR) is 61.5 cm³/mol. The molecule has 0 saturated heterocycles. The summed E-state index contributed by atoms with van der Waals surface area (Å²) >= 11 is 0. The Kier molecular flexibility index (Phi) is 3.97. The number of hydrogen-bond donors (Lipinski definition) is 1. The highest BCUT2D eigenvalue weighted by Gasteiger charge is 2.11. The van der Waals surface area contributed by atoms with E-state index in [1.165, 1.54) is 0 Å². The van der Waals surface area contributed by atoms with E-state index in [4.69, 9.17) is 15.2 Å². The summed E-state index contributed by atoms with van der Waals surface area (Å²) in [6.45, 7) is 6.56. The molecule has 0 spiro atoms. The van der Waals surface area contributed by atoms with Crippen LogP contribution in [0.1, 0.15) is 31.0 Å². The molecule has 1 unspecified atom stereocenters. The molecule has 0 bridgehead atoms. The van der Waals surface area contributed by atoms with E-state index in [-0.39, 0.29) is 6.04 Å². The molecule has 0 saturated carbocycles. The summed E-state index contributed by atoms with van der Waals surface area (Å²) in [5.74, 6) is 1.71. The fraction of sp³-hybridized carbons (Fsp3) is 0.500. The zero-order chi connectivity index (χ0) is 11.4. The summed E-state index contributed by atoms with van der Waals surface area (Å²) in [5, 5.41) is 0. The fourth-order valence-corrected chi connectivity index (χ4v) is 1.52. The lowest BCUT2D eigenvalue weighted by Crippen LogP contribution is -2.08. The van der Waals surface area contributed by atoms with E-state index in [0.29, 0.717) is 6.61 Å². The van der Waals surface area contributed by atoms with Gasteiger partial charge in [-0.1, -0.05) is 0 Å². The molecule has 3 heteroatoms. The van der Waals surface area contributed by atoms with Gasteiger partial charge in [0.2, 0.25) is 0 Å². The molecule has 0 fully saturated rings. The Hall–Kier alpha value is -1.22. The molecule has 2 N–H and O–H groups in total. The Morgan fingerprint density at radius 3 is 2.47 bits per heavy atom. The van der Waals surface area contributed by atoms with E-state index in [2.05, 4.69) is 0 Å². The molecule has 1 aromatic carbocycles. The van der Waals surface area contributed by atoms with Crippen LogP contribution in [0.2, 0.25) is 0 Å². The van der Waals surface area contributed by atoms with Crippen LogP contribution in [0.5, 0.6) is 11.5 Å². The van der Waals surface area contributed by atoms with Crippen LogP contribution in [0.4, 0.5) is 0 Å². The van der Waals surface area contributed by atoms with Crippen molar-refractivity contribution in [3.8, 4) is 11.5 Å². The molecule has 1 rings (SSSR count). The van der Waals surface area contributed by atoms with E-state index in [1.807, 2.05) is 32.9 Å². The number of benzene rings is 1. The van der Waals surface area contributed by atoms with Gasteiger partial charge in [-0.3, -0.25) is 0 Å². The molecule has 0 heterocycles. The van der Waals surface area contributed by atoms with Crippen LogP contribution in [0.15, 0.2) is 12.1 Å². The lowest BCUT2D eigenvalue weighted by Gasteiger charge is -2.15. The summed E-state index contributed by atoms with van der Waals surface area (Å²) in [6.07, 6.45) is 0. The van der Waals surface area contributed by atoms with Crippen LogP contribution in [-0.2, 0) is 0 Å². The minimum absolute atomic E-state index is 0.0558. The first-order valence-corrected chi connectivity index (χ1v) is 5.17. The molecule has 3 nitrogen and oxygen atoms in total. The second-order valence-corrected chi connectivity index (χ2v) is 3.58. The minimum atomic E-state index is -0.0558. The van der Waals surface area contributed by atoms with E-state index in [9.17, 15) is 0 Å². The fourth-order valence-electron chi connectivity index (χ4n) is 1.52. The van der Waals surface area contributed by atoms with Crippen LogP contribution in [-0.4, -0.2) is 13.7 Å². The number of aryl methyl sites for hydroxylation is 1. The van der Waals surface area contributed by atoms with Gasteiger partial charge in [0, 0.05) is 11.6 Å². The molecule has 0 aliphatic carbocycles. The summed E-state index contributed by atoms with van der Waals surface area (Å²) in [6, 6.07) is 3.87. The first kappa shape index (κ1) is 11.9. The lowest BCUT2D eigenvalue weighted by molar-refractivity contribution is 0.335. The summed E-state index contributed by atoms with van der Waals surface area (Å²) in [7, 11) is 1.65. The number of hydrogen-bond acceptors (Lipinski definition) is 3. The molecular weight excluding hydrogens is 190 g/mol. The molecule has 15 heavy (non-hydrogen) atoms. The van der Waals surface area contributed by atoms with Crippen LogP contribution < -0.4 is 15.2 Å². The highest BCUT2D eigenvalue weighted by atomic mass is 16.5. The minimum Gasteiger partial charge on any atom is -0.496 e. The van der Waals surface area contributed by atoms with E-state index in [1.54, 1.807) is 7.11 Å². The van der Waals surface area contributed by atoms with Gasteiger partial charge < -0.3 is 15.2 Å². The van der Waals surface area contributed by atoms with Crippen molar-refractivity contribution < 1.29 is 9.47 Å². The molecule has 1 atom stereocenters. The average molecular weight is 209 g/mol. The van der Waals surface area contributed by atoms with Crippen LogP contribution in [0.25, 0.3) is 0 Å². The van der Waals surface area contributed by atoms with Crippen LogP contribution >= 0.6 is 0 Å². The highest BCUT2D eigenvalue weighted by molar-refractivity contribution is 5.47. The van der Waals surface area contributed by atoms with Gasteiger partial charge in [0.25, 0.3) is 0 Å². The average Bonchev–Trinajstić information content (AvgIpc) is 2.20. The third kappa shape index (κ3) is 2.63. The van der Waals surface area contributed by atoms with Crippen molar-refractivity contribution in [2.24, 2.45) is 5.73 Å². The number of methoxy groups -OCH3 is 1. The molecule has 0 aromatic heterocycles. The third-order valence-corrected chi connectivity index (χ3v) is 2.32. The highest BCUT2D eigenvalue weighted by Crippen LogP contribution is 2.31. The van der Waals surface area contributed by atoms with Gasteiger partial charge in [0.05, 0.1) is 13.7 Å². The number of nitrogens with two attached hydrogens (primary N) is 1. The monoisotopic (exact) mass is 209 g/mol. The summed E-state index contributed by atoms with van der Waals surface area (Å²) in [5.41, 5.74) is 7.92. The zero-order valence-corrected chi connectivity index (χ0v) is 9.83. The van der Waals surface area contributed by atoms with E-state index in [0.717, 1.165) is 22.6 Å². The second kappa shape index (κ2) is 5.03. The zero-order valence-electron chi connectivity index (χ0n) is 9.83. The normalized spacial score (nSPS) is 12.3. The van der Waals surface area contributed by atoms with Crippen molar-refractivity contribution in [2.75, 3.05) is 13.7 Å². The van der Waals surface area contributed by atoms with Crippen molar-refractivity contribution in [1.82, 2.24) is 0 Å². The Morgan fingerprint density at radius 1 is 1.33 bits per heavy atom. The number of rotatable bonds is 4. The van der Waals surface area contributed by atoms with Crippen molar-refractivity contribution >= 4 is 0 Å². The third-order valence-electron chi connectivity index (χ3n) is 2.32. The summed E-state index contributed by atoms with van der Waals surface area (Å²) < 4.78 is 10.8. The predicted octanol–water partition coefficient (Wildman–Crippen LogP) is 2.42. The van der Waals surface area contributed by atoms with Gasteiger partial charge in [-0.25, -0.2) is 0 Å². The summed E-state index contributed by atoms with van der Waals surface area (Å²) in [4.78, 5) is 0. The van der Waals surface area contributed by atoms with Gasteiger partial charge in [-0.05, 0) is 38.5 Å². The SMILES string of the molecule is CCOc1cc(C(C)N)c(OC)cc1C. The maximum absolute atomic E-state index is 5.87. The van der Waals surface area contributed by atoms with Crippen LogP contribution in [0, 0.1) is 6.92 Å². The Labute approximate surface area is 91.2 Å². The Bertz CT molecular complexity index is 335. The molecule has 0 amide bonds. The van der Waals surface area contributed by atoms with Gasteiger partial charge in [-0.15, -0.1) is 0 Å². The van der Waals surface area contributed by atoms with Gasteiger partial charge >= 0.3 is 0 Å². The number of ether oxygens (including phenoxy) is 2. The van der Waals surface area contributed by atoms with E-state index < -0.39 is 0 Å². The Morgan fingerprint density at radius 2 is 2.00 bits per heavy atom. The first-order chi connectivity index (χ1) is 7.10. The van der Waals surface area contributed by atoms with Gasteiger partial charge in [0.15, 0.2) is 0 Å². The lowest BCUT2D eigenvalue weighted by atomic mass is 10.0. The van der Waals surface area contributed by atoms with Gasteiger partial charge in [0.1, 0.15) is 11.5 Å². The Balaban J connectivity index is 3.17. The smallest absolute Gasteiger partial charge is 0.124 e. The maximum Gasteiger partial charge on any atom is 0.124 e. The molecule has 1 aromatic rings. The molecule has 0 radical (unpaired) electrons. The quantitative estimate of drug-likeness (QED) is 0.828. The van der Waals surface area contributed by atoms with Crippen molar-refractivity contribution in [2.45, 2.75) is 26.8 Å². The van der Waals surface area contributed by atoms with Crippen molar-refractivity contribution in [3.63, 3.8) is 0 Å². The maximum atomic E-state index is 5.87. The molecule has 84 valence electrons. The molecule has 0 aliphatic heterocycles. The van der Waals surface area contributed by atoms with E-state index >= 15 is 0 Å².